The summed E-state index contributed by atoms with van der Waals surface area (Å²) in [7, 11) is -3.48. The molecule has 4 unspecified atom stereocenters. The van der Waals surface area contributed by atoms with Crippen LogP contribution in [0.1, 0.15) is 20.8 Å². The summed E-state index contributed by atoms with van der Waals surface area (Å²) in [5, 5.41) is 0. The minimum Gasteiger partial charge on any atom is -0.299 e. The average molecular weight is 232 g/mol. The SMILES string of the molecule is CC1C2C(=O)C(C)(C)C(OS(C)(=O)=O)C12. The van der Waals surface area contributed by atoms with Gasteiger partial charge < -0.3 is 0 Å². The van der Waals surface area contributed by atoms with E-state index in [9.17, 15) is 13.2 Å². The lowest BCUT2D eigenvalue weighted by Crippen LogP contribution is -2.38. The maximum atomic E-state index is 11.9. The van der Waals surface area contributed by atoms with Crippen molar-refractivity contribution >= 4 is 15.9 Å². The van der Waals surface area contributed by atoms with Crippen LogP contribution in [0.25, 0.3) is 0 Å². The van der Waals surface area contributed by atoms with Gasteiger partial charge in [-0.3, -0.25) is 8.98 Å². The van der Waals surface area contributed by atoms with E-state index in [0.717, 1.165) is 6.26 Å². The zero-order valence-corrected chi connectivity index (χ0v) is 10.2. The first-order chi connectivity index (χ1) is 6.66. The fourth-order valence-corrected chi connectivity index (χ4v) is 3.54. The Kier molecular flexibility index (Phi) is 2.09. The number of rotatable bonds is 2. The second-order valence-corrected chi connectivity index (χ2v) is 6.87. The Morgan fingerprint density at radius 3 is 2.27 bits per heavy atom. The molecule has 86 valence electrons. The van der Waals surface area contributed by atoms with Crippen molar-refractivity contribution < 1.29 is 17.4 Å². The van der Waals surface area contributed by atoms with Gasteiger partial charge in [-0.1, -0.05) is 20.8 Å². The fraction of sp³-hybridized carbons (Fsp3) is 0.900. The lowest BCUT2D eigenvalue weighted by molar-refractivity contribution is -0.129. The molecular weight excluding hydrogens is 216 g/mol. The van der Waals surface area contributed by atoms with Crippen molar-refractivity contribution in [2.24, 2.45) is 23.2 Å². The van der Waals surface area contributed by atoms with Crippen LogP contribution < -0.4 is 0 Å². The predicted octanol–water partition coefficient (Wildman–Crippen LogP) is 0.822. The molecule has 2 aliphatic carbocycles. The first-order valence-corrected chi connectivity index (χ1v) is 6.90. The molecule has 2 rings (SSSR count). The Balaban J connectivity index is 2.28. The van der Waals surface area contributed by atoms with E-state index in [4.69, 9.17) is 4.18 Å². The van der Waals surface area contributed by atoms with Crippen LogP contribution in [0, 0.1) is 23.2 Å². The van der Waals surface area contributed by atoms with E-state index in [2.05, 4.69) is 0 Å². The summed E-state index contributed by atoms with van der Waals surface area (Å²) in [5.41, 5.74) is -0.662. The monoisotopic (exact) mass is 232 g/mol. The van der Waals surface area contributed by atoms with E-state index in [1.807, 2.05) is 6.92 Å². The fourth-order valence-electron chi connectivity index (χ4n) is 2.79. The summed E-state index contributed by atoms with van der Waals surface area (Å²) in [4.78, 5) is 11.9. The topological polar surface area (TPSA) is 60.4 Å². The van der Waals surface area contributed by atoms with Gasteiger partial charge >= 0.3 is 0 Å². The van der Waals surface area contributed by atoms with Gasteiger partial charge in [-0.2, -0.15) is 8.42 Å². The number of hydrogen-bond donors (Lipinski definition) is 0. The largest absolute Gasteiger partial charge is 0.299 e. The summed E-state index contributed by atoms with van der Waals surface area (Å²) >= 11 is 0. The van der Waals surface area contributed by atoms with Gasteiger partial charge in [0.15, 0.2) is 0 Å². The van der Waals surface area contributed by atoms with Crippen molar-refractivity contribution in [1.82, 2.24) is 0 Å². The summed E-state index contributed by atoms with van der Waals surface area (Å²) < 4.78 is 27.3. The molecule has 0 amide bonds. The second-order valence-electron chi connectivity index (χ2n) is 5.27. The van der Waals surface area contributed by atoms with Crippen LogP contribution in [-0.4, -0.2) is 26.6 Å². The smallest absolute Gasteiger partial charge is 0.264 e. The highest BCUT2D eigenvalue weighted by Gasteiger charge is 2.69. The zero-order chi connectivity index (χ0) is 11.6. The van der Waals surface area contributed by atoms with Crippen LogP contribution >= 0.6 is 0 Å². The lowest BCUT2D eigenvalue weighted by Gasteiger charge is -2.28. The molecule has 0 heterocycles. The van der Waals surface area contributed by atoms with Gasteiger partial charge in [0.25, 0.3) is 10.1 Å². The molecule has 2 saturated carbocycles. The lowest BCUT2D eigenvalue weighted by atomic mass is 9.83. The number of carbonyl (C=O) groups is 1. The van der Waals surface area contributed by atoms with Gasteiger partial charge in [0.2, 0.25) is 0 Å². The van der Waals surface area contributed by atoms with E-state index in [-0.39, 0.29) is 23.5 Å². The third-order valence-corrected chi connectivity index (χ3v) is 4.28. The second kappa shape index (κ2) is 2.83. The molecular formula is C10H16O4S. The van der Waals surface area contributed by atoms with E-state index in [1.54, 1.807) is 13.8 Å². The van der Waals surface area contributed by atoms with Crippen molar-refractivity contribution in [3.8, 4) is 0 Å². The van der Waals surface area contributed by atoms with Crippen LogP contribution in [-0.2, 0) is 19.1 Å². The van der Waals surface area contributed by atoms with Crippen LogP contribution in [0.2, 0.25) is 0 Å². The van der Waals surface area contributed by atoms with Gasteiger partial charge in [-0.05, 0) is 5.92 Å². The Morgan fingerprint density at radius 1 is 1.33 bits per heavy atom. The third kappa shape index (κ3) is 1.52. The summed E-state index contributed by atoms with van der Waals surface area (Å²) in [6.07, 6.45) is 0.563. The number of fused-ring (bicyclic) bond motifs is 1. The van der Waals surface area contributed by atoms with E-state index >= 15 is 0 Å². The Morgan fingerprint density at radius 2 is 1.87 bits per heavy atom. The average Bonchev–Trinajstić information content (AvgIpc) is 2.63. The molecule has 15 heavy (non-hydrogen) atoms. The Hall–Kier alpha value is -0.420. The molecule has 0 aromatic heterocycles. The molecule has 2 fully saturated rings. The van der Waals surface area contributed by atoms with E-state index in [0.29, 0.717) is 0 Å². The number of hydrogen-bond acceptors (Lipinski definition) is 4. The van der Waals surface area contributed by atoms with Crippen LogP contribution in [0.4, 0.5) is 0 Å². The van der Waals surface area contributed by atoms with Crippen LogP contribution in [0.15, 0.2) is 0 Å². The van der Waals surface area contributed by atoms with Gasteiger partial charge in [0.05, 0.1) is 17.8 Å². The third-order valence-electron chi connectivity index (χ3n) is 3.72. The first-order valence-electron chi connectivity index (χ1n) is 5.09. The quantitative estimate of drug-likeness (QED) is 0.661. The molecule has 0 radical (unpaired) electrons. The molecule has 4 atom stereocenters. The molecule has 0 aromatic rings. The molecule has 0 saturated heterocycles. The van der Waals surface area contributed by atoms with Gasteiger partial charge in [0, 0.05) is 11.8 Å². The number of carbonyl (C=O) groups excluding carboxylic acids is 1. The standard InChI is InChI=1S/C10H16O4S/c1-5-6-7(5)9(14-15(4,12)13)10(2,3)8(6)11/h5-7,9H,1-4H3. The van der Waals surface area contributed by atoms with Gasteiger partial charge in [-0.25, -0.2) is 0 Å². The zero-order valence-electron chi connectivity index (χ0n) is 9.35. The molecule has 0 spiro atoms. The van der Waals surface area contributed by atoms with Crippen LogP contribution in [0.3, 0.4) is 0 Å². The predicted molar refractivity (Wildman–Crippen MR) is 54.6 cm³/mol. The Bertz CT molecular complexity index is 409. The normalized spacial score (nSPS) is 42.8. The highest BCUT2D eigenvalue weighted by atomic mass is 32.2. The number of ketones is 1. The van der Waals surface area contributed by atoms with Crippen molar-refractivity contribution in [3.63, 3.8) is 0 Å². The highest BCUT2D eigenvalue weighted by Crippen LogP contribution is 2.62. The summed E-state index contributed by atoms with van der Waals surface area (Å²) in [6.45, 7) is 5.51. The van der Waals surface area contributed by atoms with Crippen molar-refractivity contribution in [3.05, 3.63) is 0 Å². The van der Waals surface area contributed by atoms with Crippen molar-refractivity contribution in [1.29, 1.82) is 0 Å². The molecule has 0 aliphatic heterocycles. The van der Waals surface area contributed by atoms with Gasteiger partial charge in [0.1, 0.15) is 5.78 Å². The molecule has 0 N–H and O–H groups in total. The molecule has 2 aliphatic rings. The van der Waals surface area contributed by atoms with Crippen LogP contribution in [0.5, 0.6) is 0 Å². The summed E-state index contributed by atoms with van der Waals surface area (Å²) in [5.74, 6) is 0.542. The minimum atomic E-state index is -3.48. The molecule has 4 nitrogen and oxygen atoms in total. The maximum absolute atomic E-state index is 11.9. The van der Waals surface area contributed by atoms with Gasteiger partial charge in [-0.15, -0.1) is 0 Å². The Labute approximate surface area is 90.1 Å². The summed E-state index contributed by atoms with van der Waals surface area (Å²) in [6, 6.07) is 0. The van der Waals surface area contributed by atoms with E-state index in [1.165, 1.54) is 0 Å². The van der Waals surface area contributed by atoms with E-state index < -0.39 is 21.6 Å². The highest BCUT2D eigenvalue weighted by molar-refractivity contribution is 7.86. The van der Waals surface area contributed by atoms with Crippen molar-refractivity contribution in [2.45, 2.75) is 26.9 Å². The minimum absolute atomic E-state index is 0.0201. The molecule has 0 aromatic carbocycles. The first kappa shape index (κ1) is 11.1. The molecule has 5 heteroatoms. The molecule has 0 bridgehead atoms. The van der Waals surface area contributed by atoms with Crippen molar-refractivity contribution in [2.75, 3.05) is 6.26 Å². The number of Topliss-reactive ketones (excluding diaryl/α,β-unsaturated/α-hetero) is 1. The maximum Gasteiger partial charge on any atom is 0.264 e.